The average molecular weight is 383 g/mol. The summed E-state index contributed by atoms with van der Waals surface area (Å²) in [5.74, 6) is 2.75. The molecular formula is C22H30N4O2. The average Bonchev–Trinajstić information content (AvgIpc) is 3.37. The minimum Gasteiger partial charge on any atom is -0.342 e. The zero-order valence-corrected chi connectivity index (χ0v) is 16.9. The van der Waals surface area contributed by atoms with Crippen LogP contribution in [0.1, 0.15) is 64.6 Å². The molecule has 0 aromatic carbocycles. The summed E-state index contributed by atoms with van der Waals surface area (Å²) in [6, 6.07) is 5.67. The van der Waals surface area contributed by atoms with Crippen LogP contribution >= 0.6 is 0 Å². The molecular weight excluding hydrogens is 352 g/mol. The quantitative estimate of drug-likeness (QED) is 0.717. The van der Waals surface area contributed by atoms with Gasteiger partial charge in [0.2, 0.25) is 5.91 Å². The predicted octanol–water partition coefficient (Wildman–Crippen LogP) is 4.23. The molecule has 2 aliphatic rings. The molecule has 1 amide bonds. The molecule has 0 spiro atoms. The highest BCUT2D eigenvalue weighted by Crippen LogP contribution is 2.46. The molecule has 150 valence electrons. The molecule has 2 aromatic heterocycles. The molecule has 1 saturated heterocycles. The first-order chi connectivity index (χ1) is 13.6. The number of carbonyl (C=O) groups excluding carboxylic acids is 1. The van der Waals surface area contributed by atoms with Crippen LogP contribution in [-0.2, 0) is 10.2 Å². The van der Waals surface area contributed by atoms with Gasteiger partial charge in [-0.1, -0.05) is 37.9 Å². The normalized spacial score (nSPS) is 22.6. The second-order valence-electron chi connectivity index (χ2n) is 8.92. The number of rotatable bonds is 7. The molecule has 1 aliphatic carbocycles. The standard InChI is InChI=1S/C22H30N4O2/c1-16(2)7-10-19(27)26-13-5-11-22(15-26,14-17-8-9-17)21-24-20(28-25-21)18-6-3-4-12-23-18/h3-4,6,12,16-17H,5,7-11,13-15H2,1-2H3. The Morgan fingerprint density at radius 3 is 2.93 bits per heavy atom. The van der Waals surface area contributed by atoms with Gasteiger partial charge in [0, 0.05) is 25.7 Å². The van der Waals surface area contributed by atoms with E-state index >= 15 is 0 Å². The van der Waals surface area contributed by atoms with E-state index in [1.807, 2.05) is 23.1 Å². The van der Waals surface area contributed by atoms with E-state index in [1.54, 1.807) is 6.20 Å². The second kappa shape index (κ2) is 8.02. The van der Waals surface area contributed by atoms with Crippen molar-refractivity contribution in [3.05, 3.63) is 30.2 Å². The molecule has 2 fully saturated rings. The maximum absolute atomic E-state index is 12.8. The number of amides is 1. The summed E-state index contributed by atoms with van der Waals surface area (Å²) in [5, 5.41) is 4.37. The molecule has 1 unspecified atom stereocenters. The smallest absolute Gasteiger partial charge is 0.276 e. The van der Waals surface area contributed by atoms with Gasteiger partial charge in [-0.2, -0.15) is 4.98 Å². The topological polar surface area (TPSA) is 72.1 Å². The van der Waals surface area contributed by atoms with Gasteiger partial charge in [0.05, 0.1) is 5.41 Å². The minimum atomic E-state index is -0.191. The van der Waals surface area contributed by atoms with E-state index in [9.17, 15) is 4.79 Å². The summed E-state index contributed by atoms with van der Waals surface area (Å²) < 4.78 is 5.58. The number of hydrogen-bond acceptors (Lipinski definition) is 5. The lowest BCUT2D eigenvalue weighted by molar-refractivity contribution is -0.134. The van der Waals surface area contributed by atoms with E-state index in [1.165, 1.54) is 12.8 Å². The monoisotopic (exact) mass is 382 g/mol. The van der Waals surface area contributed by atoms with Crippen LogP contribution in [0.4, 0.5) is 0 Å². The number of aromatic nitrogens is 3. The summed E-state index contributed by atoms with van der Waals surface area (Å²) in [6.45, 7) is 5.88. The van der Waals surface area contributed by atoms with E-state index in [2.05, 4.69) is 24.0 Å². The molecule has 2 aromatic rings. The Balaban J connectivity index is 1.56. The molecule has 0 radical (unpaired) electrons. The number of piperidine rings is 1. The molecule has 6 heteroatoms. The first kappa shape index (κ1) is 19.1. The summed E-state index contributed by atoms with van der Waals surface area (Å²) in [4.78, 5) is 23.9. The van der Waals surface area contributed by atoms with Crippen molar-refractivity contribution in [1.82, 2.24) is 20.0 Å². The Hall–Kier alpha value is -2.24. The van der Waals surface area contributed by atoms with Crippen LogP contribution in [-0.4, -0.2) is 39.0 Å². The fourth-order valence-electron chi connectivity index (χ4n) is 4.26. The van der Waals surface area contributed by atoms with Gasteiger partial charge >= 0.3 is 0 Å². The van der Waals surface area contributed by atoms with Gasteiger partial charge < -0.3 is 9.42 Å². The lowest BCUT2D eigenvalue weighted by Crippen LogP contribution is -2.49. The van der Waals surface area contributed by atoms with Crippen LogP contribution in [0.2, 0.25) is 0 Å². The van der Waals surface area contributed by atoms with E-state index in [0.29, 0.717) is 30.5 Å². The van der Waals surface area contributed by atoms with Gasteiger partial charge in [-0.05, 0) is 49.7 Å². The van der Waals surface area contributed by atoms with Crippen molar-refractivity contribution in [3.8, 4) is 11.6 Å². The number of likely N-dealkylation sites (tertiary alicyclic amines) is 1. The zero-order valence-electron chi connectivity index (χ0n) is 16.9. The Kier molecular flexibility index (Phi) is 5.47. The first-order valence-electron chi connectivity index (χ1n) is 10.6. The van der Waals surface area contributed by atoms with Crippen LogP contribution < -0.4 is 0 Å². The van der Waals surface area contributed by atoms with Crippen molar-refractivity contribution < 1.29 is 9.32 Å². The maximum atomic E-state index is 12.8. The molecule has 28 heavy (non-hydrogen) atoms. The number of pyridine rings is 1. The first-order valence-corrected chi connectivity index (χ1v) is 10.6. The van der Waals surface area contributed by atoms with Crippen LogP contribution in [0, 0.1) is 11.8 Å². The van der Waals surface area contributed by atoms with Gasteiger partial charge in [0.15, 0.2) is 5.82 Å². The van der Waals surface area contributed by atoms with Crippen molar-refractivity contribution in [2.75, 3.05) is 13.1 Å². The Morgan fingerprint density at radius 2 is 2.21 bits per heavy atom. The molecule has 0 bridgehead atoms. The Bertz CT molecular complexity index is 800. The fourth-order valence-corrected chi connectivity index (χ4v) is 4.26. The van der Waals surface area contributed by atoms with Crippen LogP contribution in [0.3, 0.4) is 0 Å². The zero-order chi connectivity index (χ0) is 19.6. The van der Waals surface area contributed by atoms with Gasteiger partial charge in [-0.3, -0.25) is 9.78 Å². The minimum absolute atomic E-state index is 0.191. The van der Waals surface area contributed by atoms with Crippen molar-refractivity contribution >= 4 is 5.91 Å². The largest absolute Gasteiger partial charge is 0.342 e. The molecule has 1 atom stereocenters. The van der Waals surface area contributed by atoms with Crippen molar-refractivity contribution in [1.29, 1.82) is 0 Å². The maximum Gasteiger partial charge on any atom is 0.276 e. The predicted molar refractivity (Wildman–Crippen MR) is 106 cm³/mol. The van der Waals surface area contributed by atoms with Crippen LogP contribution in [0.5, 0.6) is 0 Å². The van der Waals surface area contributed by atoms with Gasteiger partial charge in [-0.25, -0.2) is 0 Å². The number of carbonyl (C=O) groups is 1. The SMILES string of the molecule is CC(C)CCC(=O)N1CCCC(CC2CC2)(c2noc(-c3ccccn3)n2)C1. The third-order valence-electron chi connectivity index (χ3n) is 6.03. The summed E-state index contributed by atoms with van der Waals surface area (Å²) in [5.41, 5.74) is 0.507. The van der Waals surface area contributed by atoms with Crippen molar-refractivity contribution in [3.63, 3.8) is 0 Å². The number of hydrogen-bond donors (Lipinski definition) is 0. The third kappa shape index (κ3) is 4.26. The van der Waals surface area contributed by atoms with Gasteiger partial charge in [-0.15, -0.1) is 0 Å². The van der Waals surface area contributed by atoms with Gasteiger partial charge in [0.1, 0.15) is 5.69 Å². The third-order valence-corrected chi connectivity index (χ3v) is 6.03. The molecule has 4 rings (SSSR count). The van der Waals surface area contributed by atoms with Crippen molar-refractivity contribution in [2.24, 2.45) is 11.8 Å². The highest BCUT2D eigenvalue weighted by Gasteiger charge is 2.45. The van der Waals surface area contributed by atoms with E-state index in [0.717, 1.165) is 44.0 Å². The summed E-state index contributed by atoms with van der Waals surface area (Å²) in [7, 11) is 0. The van der Waals surface area contributed by atoms with Crippen LogP contribution in [0.25, 0.3) is 11.6 Å². The molecule has 1 aliphatic heterocycles. The molecule has 0 N–H and O–H groups in total. The number of nitrogens with zero attached hydrogens (tertiary/aromatic N) is 4. The van der Waals surface area contributed by atoms with E-state index < -0.39 is 0 Å². The van der Waals surface area contributed by atoms with Gasteiger partial charge in [0.25, 0.3) is 5.89 Å². The highest BCUT2D eigenvalue weighted by molar-refractivity contribution is 5.76. The Labute approximate surface area is 166 Å². The lowest BCUT2D eigenvalue weighted by atomic mass is 9.74. The van der Waals surface area contributed by atoms with Crippen LogP contribution in [0.15, 0.2) is 28.9 Å². The highest BCUT2D eigenvalue weighted by atomic mass is 16.5. The molecule has 3 heterocycles. The van der Waals surface area contributed by atoms with Crippen molar-refractivity contribution in [2.45, 2.75) is 64.2 Å². The summed E-state index contributed by atoms with van der Waals surface area (Å²) in [6.07, 6.45) is 8.89. The fraction of sp³-hybridized carbons (Fsp3) is 0.636. The van der Waals surface area contributed by atoms with E-state index in [4.69, 9.17) is 9.51 Å². The molecule has 1 saturated carbocycles. The molecule has 6 nitrogen and oxygen atoms in total. The summed E-state index contributed by atoms with van der Waals surface area (Å²) >= 11 is 0. The lowest BCUT2D eigenvalue weighted by Gasteiger charge is -2.41. The Morgan fingerprint density at radius 1 is 1.36 bits per heavy atom. The van der Waals surface area contributed by atoms with E-state index in [-0.39, 0.29) is 11.3 Å². The second-order valence-corrected chi connectivity index (χ2v) is 8.92.